The smallest absolute Gasteiger partial charge is 0.312 e. The molecule has 3 rings (SSSR count). The fourth-order valence-electron chi connectivity index (χ4n) is 5.68. The molecule has 0 radical (unpaired) electrons. The molecule has 0 aromatic heterocycles. The van der Waals surface area contributed by atoms with Gasteiger partial charge in [-0.1, -0.05) is 35.9 Å². The first-order chi connectivity index (χ1) is 15.1. The van der Waals surface area contributed by atoms with Crippen LogP contribution < -0.4 is 0 Å². The fraction of sp³-hybridized carbons (Fsp3) is 0.783. The van der Waals surface area contributed by atoms with Gasteiger partial charge < -0.3 is 24.4 Å². The topological polar surface area (TPSA) is 96.4 Å². The zero-order chi connectivity index (χ0) is 24.0. The highest BCUT2D eigenvalue weighted by molar-refractivity contribution is 9.09. The van der Waals surface area contributed by atoms with Gasteiger partial charge in [0, 0.05) is 17.4 Å². The molecule has 0 aromatic rings. The second kappa shape index (κ2) is 9.43. The molecule has 3 fully saturated rings. The third-order valence-electron chi connectivity index (χ3n) is 7.07. The van der Waals surface area contributed by atoms with Crippen LogP contribution in [0.25, 0.3) is 0 Å². The Kier molecular flexibility index (Phi) is 7.42. The maximum Gasteiger partial charge on any atom is 0.312 e. The van der Waals surface area contributed by atoms with Crippen LogP contribution >= 0.6 is 15.9 Å². The minimum Gasteiger partial charge on any atom is -0.466 e. The number of rotatable bonds is 9. The summed E-state index contributed by atoms with van der Waals surface area (Å²) in [5, 5.41) is 10.2. The molecule has 1 spiro atoms. The Morgan fingerprint density at radius 2 is 2.06 bits per heavy atom. The van der Waals surface area contributed by atoms with E-state index in [9.17, 15) is 19.5 Å². The molecule has 9 heteroatoms. The number of alkyl halides is 1. The number of halogens is 1. The number of hydrogen-bond donors (Lipinski definition) is 1. The highest BCUT2D eigenvalue weighted by Gasteiger charge is 2.77. The van der Waals surface area contributed by atoms with Gasteiger partial charge in [0.05, 0.1) is 37.2 Å². The van der Waals surface area contributed by atoms with E-state index in [4.69, 9.17) is 9.47 Å². The summed E-state index contributed by atoms with van der Waals surface area (Å²) >= 11 is 3.63. The van der Waals surface area contributed by atoms with E-state index < -0.39 is 41.6 Å². The monoisotopic (exact) mass is 514 g/mol. The highest BCUT2D eigenvalue weighted by atomic mass is 79.9. The average Bonchev–Trinajstić information content (AvgIpc) is 3.30. The van der Waals surface area contributed by atoms with Crippen LogP contribution in [0.4, 0.5) is 0 Å². The molecule has 0 saturated carbocycles. The van der Waals surface area contributed by atoms with Crippen LogP contribution in [0, 0.1) is 17.8 Å². The van der Waals surface area contributed by atoms with Gasteiger partial charge in [0.25, 0.3) is 0 Å². The van der Waals surface area contributed by atoms with Crippen molar-refractivity contribution in [2.24, 2.45) is 17.8 Å². The maximum atomic E-state index is 14.0. The van der Waals surface area contributed by atoms with Gasteiger partial charge in [-0.05, 0) is 33.1 Å². The lowest BCUT2D eigenvalue weighted by Crippen LogP contribution is -2.60. The number of carbonyl (C=O) groups excluding carboxylic acids is 3. The lowest BCUT2D eigenvalue weighted by Gasteiger charge is -2.41. The van der Waals surface area contributed by atoms with Crippen molar-refractivity contribution in [1.82, 2.24) is 9.80 Å². The minimum atomic E-state index is -1.15. The second-order valence-electron chi connectivity index (χ2n) is 9.53. The molecule has 7 atom stereocenters. The summed E-state index contributed by atoms with van der Waals surface area (Å²) in [6.45, 7) is 13.3. The Hall–Kier alpha value is -1.45. The molecule has 0 aliphatic carbocycles. The standard InChI is InChI=1S/C23H35BrN2O6/c1-7-9-25(13(5)6)21(29)19-23-10-14(24)18(32-23)16(22(30)31-8-2)17(23)20(28)26(19)15(11-27)12(3)4/h7,12-19,27H,1,8-11H2,2-6H3/t14?,15-,16-,17+,18-,19-,23+/m0/s1. The van der Waals surface area contributed by atoms with Crippen molar-refractivity contribution >= 4 is 33.7 Å². The zero-order valence-corrected chi connectivity index (χ0v) is 21.1. The van der Waals surface area contributed by atoms with Crippen LogP contribution in [0.3, 0.4) is 0 Å². The predicted octanol–water partition coefficient (Wildman–Crippen LogP) is 1.74. The largest absolute Gasteiger partial charge is 0.466 e. The Morgan fingerprint density at radius 3 is 2.56 bits per heavy atom. The fourth-order valence-corrected chi connectivity index (χ4v) is 6.63. The van der Waals surface area contributed by atoms with Gasteiger partial charge in [-0.15, -0.1) is 6.58 Å². The zero-order valence-electron chi connectivity index (χ0n) is 19.5. The number of hydrogen-bond acceptors (Lipinski definition) is 6. The molecule has 32 heavy (non-hydrogen) atoms. The van der Waals surface area contributed by atoms with E-state index in [1.807, 2.05) is 27.7 Å². The van der Waals surface area contributed by atoms with Crippen molar-refractivity contribution in [2.75, 3.05) is 19.8 Å². The minimum absolute atomic E-state index is 0.0978. The van der Waals surface area contributed by atoms with Crippen molar-refractivity contribution in [3.05, 3.63) is 12.7 Å². The van der Waals surface area contributed by atoms with Crippen LogP contribution in [-0.4, -0.2) is 87.1 Å². The van der Waals surface area contributed by atoms with Crippen molar-refractivity contribution in [3.63, 3.8) is 0 Å². The van der Waals surface area contributed by atoms with E-state index in [1.54, 1.807) is 17.9 Å². The number of ether oxygens (including phenoxy) is 2. The number of fused-ring (bicyclic) bond motifs is 1. The number of likely N-dealkylation sites (tertiary alicyclic amines) is 1. The van der Waals surface area contributed by atoms with Gasteiger partial charge in [-0.25, -0.2) is 0 Å². The number of nitrogens with zero attached hydrogens (tertiary/aromatic N) is 2. The summed E-state index contributed by atoms with van der Waals surface area (Å²) < 4.78 is 11.7. The molecule has 2 amide bonds. The molecule has 8 nitrogen and oxygen atoms in total. The average molecular weight is 515 g/mol. The van der Waals surface area contributed by atoms with Gasteiger partial charge in [-0.2, -0.15) is 0 Å². The van der Waals surface area contributed by atoms with Gasteiger partial charge >= 0.3 is 5.97 Å². The molecule has 3 saturated heterocycles. The van der Waals surface area contributed by atoms with E-state index in [0.717, 1.165) is 0 Å². The summed E-state index contributed by atoms with van der Waals surface area (Å²) in [7, 11) is 0. The SMILES string of the molecule is C=CCN(C(=O)[C@@H]1N([C@@H](CO)C(C)C)C(=O)[C@H]2[C@H](C(=O)OCC)[C@H]3O[C@@]12CC3Br)C(C)C. The van der Waals surface area contributed by atoms with Crippen LogP contribution in [0.2, 0.25) is 0 Å². The van der Waals surface area contributed by atoms with Crippen LogP contribution in [-0.2, 0) is 23.9 Å². The second-order valence-corrected chi connectivity index (χ2v) is 10.7. The van der Waals surface area contributed by atoms with Gasteiger partial charge in [0.15, 0.2) is 0 Å². The van der Waals surface area contributed by atoms with E-state index in [2.05, 4.69) is 22.5 Å². The molecular weight excluding hydrogens is 480 g/mol. The summed E-state index contributed by atoms with van der Waals surface area (Å²) in [5.41, 5.74) is -1.15. The third kappa shape index (κ3) is 3.70. The Labute approximate surface area is 198 Å². The van der Waals surface area contributed by atoms with E-state index in [-0.39, 0.29) is 41.8 Å². The third-order valence-corrected chi connectivity index (χ3v) is 7.91. The predicted molar refractivity (Wildman–Crippen MR) is 122 cm³/mol. The molecule has 180 valence electrons. The molecule has 1 N–H and O–H groups in total. The number of carbonyl (C=O) groups is 3. The lowest BCUT2D eigenvalue weighted by atomic mass is 9.70. The summed E-state index contributed by atoms with van der Waals surface area (Å²) in [5.74, 6) is -2.76. The molecular formula is C23H35BrN2O6. The quantitative estimate of drug-likeness (QED) is 0.286. The Morgan fingerprint density at radius 1 is 1.41 bits per heavy atom. The lowest BCUT2D eigenvalue weighted by molar-refractivity contribution is -0.157. The molecule has 3 heterocycles. The summed E-state index contributed by atoms with van der Waals surface area (Å²) in [4.78, 5) is 43.8. The van der Waals surface area contributed by atoms with Crippen molar-refractivity contribution < 1.29 is 29.0 Å². The van der Waals surface area contributed by atoms with E-state index in [1.165, 1.54) is 4.90 Å². The van der Waals surface area contributed by atoms with Crippen LogP contribution in [0.1, 0.15) is 41.0 Å². The molecule has 3 aliphatic heterocycles. The van der Waals surface area contributed by atoms with Gasteiger partial charge in [0.1, 0.15) is 11.6 Å². The van der Waals surface area contributed by atoms with Gasteiger partial charge in [-0.3, -0.25) is 14.4 Å². The maximum absolute atomic E-state index is 14.0. The van der Waals surface area contributed by atoms with Crippen LogP contribution in [0.15, 0.2) is 12.7 Å². The first kappa shape index (κ1) is 25.2. The van der Waals surface area contributed by atoms with E-state index in [0.29, 0.717) is 13.0 Å². The van der Waals surface area contributed by atoms with E-state index >= 15 is 0 Å². The number of aliphatic hydroxyl groups excluding tert-OH is 1. The Bertz CT molecular complexity index is 774. The van der Waals surface area contributed by atoms with Crippen molar-refractivity contribution in [1.29, 1.82) is 0 Å². The normalized spacial score (nSPS) is 34.2. The first-order valence-electron chi connectivity index (χ1n) is 11.4. The number of amides is 2. The Balaban J connectivity index is 2.15. The summed E-state index contributed by atoms with van der Waals surface area (Å²) in [6, 6.07) is -1.64. The van der Waals surface area contributed by atoms with Gasteiger partial charge in [0.2, 0.25) is 11.8 Å². The van der Waals surface area contributed by atoms with Crippen LogP contribution in [0.5, 0.6) is 0 Å². The van der Waals surface area contributed by atoms with Crippen molar-refractivity contribution in [3.8, 4) is 0 Å². The number of esters is 1. The molecule has 0 aromatic carbocycles. The number of aliphatic hydroxyl groups is 1. The highest BCUT2D eigenvalue weighted by Crippen LogP contribution is 2.61. The molecule has 2 bridgehead atoms. The van der Waals surface area contributed by atoms with Crippen molar-refractivity contribution in [2.45, 2.75) is 75.7 Å². The molecule has 1 unspecified atom stereocenters. The molecule has 3 aliphatic rings. The summed E-state index contributed by atoms with van der Waals surface area (Å²) in [6.07, 6.45) is 1.54. The first-order valence-corrected chi connectivity index (χ1v) is 12.3.